The van der Waals surface area contributed by atoms with Gasteiger partial charge in [0, 0.05) is 0 Å². The molecule has 0 amide bonds. The first-order chi connectivity index (χ1) is 8.22. The van der Waals surface area contributed by atoms with Crippen molar-refractivity contribution in [1.82, 2.24) is 0 Å². The standard InChI is InChI=1S/C13H17NO3/c1-16-13(15)10-7-4-8-11(12(10)14)17-9-5-2-3-6-9/h4,7-9H,2-3,5-6,14H2,1H3. The summed E-state index contributed by atoms with van der Waals surface area (Å²) in [5, 5.41) is 0. The second-order valence-corrected chi connectivity index (χ2v) is 4.23. The molecule has 0 atom stereocenters. The Labute approximate surface area is 101 Å². The van der Waals surface area contributed by atoms with Crippen molar-refractivity contribution in [2.24, 2.45) is 0 Å². The first-order valence-corrected chi connectivity index (χ1v) is 5.86. The number of rotatable bonds is 3. The van der Waals surface area contributed by atoms with Gasteiger partial charge in [0.2, 0.25) is 0 Å². The van der Waals surface area contributed by atoms with E-state index in [2.05, 4.69) is 4.74 Å². The van der Waals surface area contributed by atoms with Crippen molar-refractivity contribution in [2.75, 3.05) is 12.8 Å². The Kier molecular flexibility index (Phi) is 3.52. The molecule has 2 N–H and O–H groups in total. The number of nitrogens with two attached hydrogens (primary N) is 1. The molecule has 1 aromatic rings. The monoisotopic (exact) mass is 235 g/mol. The summed E-state index contributed by atoms with van der Waals surface area (Å²) in [5.74, 6) is 0.152. The van der Waals surface area contributed by atoms with Gasteiger partial charge >= 0.3 is 5.97 Å². The summed E-state index contributed by atoms with van der Waals surface area (Å²) in [6, 6.07) is 5.19. The minimum Gasteiger partial charge on any atom is -0.488 e. The lowest BCUT2D eigenvalue weighted by atomic mass is 10.1. The number of esters is 1. The van der Waals surface area contributed by atoms with Gasteiger partial charge in [-0.05, 0) is 37.8 Å². The summed E-state index contributed by atoms with van der Waals surface area (Å²) in [6.07, 6.45) is 4.73. The van der Waals surface area contributed by atoms with Crippen LogP contribution in [0.1, 0.15) is 36.0 Å². The van der Waals surface area contributed by atoms with Crippen LogP contribution in [0.2, 0.25) is 0 Å². The maximum absolute atomic E-state index is 11.5. The molecule has 0 aliphatic heterocycles. The molecule has 0 heterocycles. The minimum absolute atomic E-state index is 0.227. The lowest BCUT2D eigenvalue weighted by Crippen LogP contribution is -2.14. The van der Waals surface area contributed by atoms with Gasteiger partial charge in [0.15, 0.2) is 0 Å². The van der Waals surface area contributed by atoms with Gasteiger partial charge in [-0.3, -0.25) is 0 Å². The smallest absolute Gasteiger partial charge is 0.340 e. The summed E-state index contributed by atoms with van der Waals surface area (Å²) in [6.45, 7) is 0. The minimum atomic E-state index is -0.431. The van der Waals surface area contributed by atoms with Crippen LogP contribution in [0.3, 0.4) is 0 Å². The van der Waals surface area contributed by atoms with Crippen LogP contribution in [0, 0.1) is 0 Å². The maximum Gasteiger partial charge on any atom is 0.340 e. The van der Waals surface area contributed by atoms with Gasteiger partial charge in [-0.2, -0.15) is 0 Å². The molecule has 2 rings (SSSR count). The van der Waals surface area contributed by atoms with E-state index in [-0.39, 0.29) is 6.10 Å². The number of hydrogen-bond donors (Lipinski definition) is 1. The van der Waals surface area contributed by atoms with Crippen molar-refractivity contribution in [3.05, 3.63) is 23.8 Å². The van der Waals surface area contributed by atoms with Crippen LogP contribution < -0.4 is 10.5 Å². The molecule has 0 radical (unpaired) electrons. The van der Waals surface area contributed by atoms with Gasteiger partial charge in [-0.25, -0.2) is 4.79 Å². The Morgan fingerprint density at radius 3 is 2.71 bits per heavy atom. The zero-order chi connectivity index (χ0) is 12.3. The highest BCUT2D eigenvalue weighted by atomic mass is 16.5. The fourth-order valence-electron chi connectivity index (χ4n) is 2.12. The number of carbonyl (C=O) groups is 1. The highest BCUT2D eigenvalue weighted by molar-refractivity contribution is 5.96. The van der Waals surface area contributed by atoms with Crippen LogP contribution in [0.4, 0.5) is 5.69 Å². The number of benzene rings is 1. The molecule has 0 aromatic heterocycles. The Morgan fingerprint density at radius 1 is 1.35 bits per heavy atom. The van der Waals surface area contributed by atoms with Gasteiger partial charge in [-0.15, -0.1) is 0 Å². The van der Waals surface area contributed by atoms with E-state index in [1.165, 1.54) is 20.0 Å². The van der Waals surface area contributed by atoms with Crippen LogP contribution in [0.15, 0.2) is 18.2 Å². The first-order valence-electron chi connectivity index (χ1n) is 5.86. The molecular weight excluding hydrogens is 218 g/mol. The number of nitrogen functional groups attached to an aromatic ring is 1. The molecule has 0 unspecified atom stereocenters. The number of hydrogen-bond acceptors (Lipinski definition) is 4. The van der Waals surface area contributed by atoms with E-state index in [1.54, 1.807) is 18.2 Å². The average molecular weight is 235 g/mol. The van der Waals surface area contributed by atoms with Crippen molar-refractivity contribution >= 4 is 11.7 Å². The normalized spacial score (nSPS) is 15.8. The fourth-order valence-corrected chi connectivity index (χ4v) is 2.12. The molecule has 1 aliphatic rings. The molecule has 1 saturated carbocycles. The molecule has 1 aliphatic carbocycles. The highest BCUT2D eigenvalue weighted by Crippen LogP contribution is 2.30. The van der Waals surface area contributed by atoms with E-state index in [1.807, 2.05) is 0 Å². The average Bonchev–Trinajstić information content (AvgIpc) is 2.84. The number of para-hydroxylation sites is 1. The zero-order valence-electron chi connectivity index (χ0n) is 9.94. The zero-order valence-corrected chi connectivity index (χ0v) is 9.94. The van der Waals surface area contributed by atoms with E-state index in [0.717, 1.165) is 12.8 Å². The third-order valence-electron chi connectivity index (χ3n) is 3.07. The van der Waals surface area contributed by atoms with Crippen molar-refractivity contribution < 1.29 is 14.3 Å². The molecule has 1 aromatic carbocycles. The van der Waals surface area contributed by atoms with Crippen LogP contribution in [-0.4, -0.2) is 19.2 Å². The Morgan fingerprint density at radius 2 is 2.06 bits per heavy atom. The summed E-state index contributed by atoms with van der Waals surface area (Å²) in [7, 11) is 1.34. The highest BCUT2D eigenvalue weighted by Gasteiger charge is 2.19. The SMILES string of the molecule is COC(=O)c1cccc(OC2CCCC2)c1N. The van der Waals surface area contributed by atoms with Crippen LogP contribution in [0.5, 0.6) is 5.75 Å². The molecular formula is C13H17NO3. The summed E-state index contributed by atoms with van der Waals surface area (Å²) in [4.78, 5) is 11.5. The van der Waals surface area contributed by atoms with E-state index in [0.29, 0.717) is 17.0 Å². The van der Waals surface area contributed by atoms with Crippen LogP contribution in [0.25, 0.3) is 0 Å². The molecule has 1 fully saturated rings. The van der Waals surface area contributed by atoms with Gasteiger partial charge in [-0.1, -0.05) is 6.07 Å². The Hall–Kier alpha value is -1.71. The predicted molar refractivity (Wildman–Crippen MR) is 65.1 cm³/mol. The van der Waals surface area contributed by atoms with Gasteiger partial charge in [0.25, 0.3) is 0 Å². The second kappa shape index (κ2) is 5.08. The summed E-state index contributed by atoms with van der Waals surface area (Å²) >= 11 is 0. The topological polar surface area (TPSA) is 61.5 Å². The van der Waals surface area contributed by atoms with Crippen LogP contribution >= 0.6 is 0 Å². The maximum atomic E-state index is 11.5. The van der Waals surface area contributed by atoms with Crippen molar-refractivity contribution in [1.29, 1.82) is 0 Å². The third kappa shape index (κ3) is 2.52. The lowest BCUT2D eigenvalue weighted by molar-refractivity contribution is 0.0601. The van der Waals surface area contributed by atoms with Gasteiger partial charge in [0.1, 0.15) is 5.75 Å². The van der Waals surface area contributed by atoms with E-state index < -0.39 is 5.97 Å². The predicted octanol–water partition coefficient (Wildman–Crippen LogP) is 2.38. The quantitative estimate of drug-likeness (QED) is 0.645. The largest absolute Gasteiger partial charge is 0.488 e. The molecule has 0 saturated heterocycles. The summed E-state index contributed by atoms with van der Waals surface area (Å²) in [5.41, 5.74) is 6.64. The second-order valence-electron chi connectivity index (χ2n) is 4.23. The van der Waals surface area contributed by atoms with Crippen molar-refractivity contribution in [3.8, 4) is 5.75 Å². The van der Waals surface area contributed by atoms with Gasteiger partial charge < -0.3 is 15.2 Å². The number of anilines is 1. The number of ether oxygens (including phenoxy) is 2. The summed E-state index contributed by atoms with van der Waals surface area (Å²) < 4.78 is 10.5. The molecule has 0 bridgehead atoms. The molecule has 0 spiro atoms. The number of carbonyl (C=O) groups excluding carboxylic acids is 1. The van der Waals surface area contributed by atoms with Crippen molar-refractivity contribution in [2.45, 2.75) is 31.8 Å². The molecule has 4 heteroatoms. The molecule has 4 nitrogen and oxygen atoms in total. The molecule has 92 valence electrons. The van der Waals surface area contributed by atoms with E-state index in [9.17, 15) is 4.79 Å². The van der Waals surface area contributed by atoms with Gasteiger partial charge in [0.05, 0.1) is 24.5 Å². The third-order valence-corrected chi connectivity index (χ3v) is 3.07. The molecule has 17 heavy (non-hydrogen) atoms. The fraction of sp³-hybridized carbons (Fsp3) is 0.462. The van der Waals surface area contributed by atoms with Crippen LogP contribution in [-0.2, 0) is 4.74 Å². The van der Waals surface area contributed by atoms with E-state index >= 15 is 0 Å². The Balaban J connectivity index is 2.19. The first kappa shape index (κ1) is 11.8. The Bertz CT molecular complexity index is 411. The lowest BCUT2D eigenvalue weighted by Gasteiger charge is -2.16. The van der Waals surface area contributed by atoms with E-state index in [4.69, 9.17) is 10.5 Å². The van der Waals surface area contributed by atoms with Crippen molar-refractivity contribution in [3.63, 3.8) is 0 Å². The number of methoxy groups -OCH3 is 1.